The van der Waals surface area contributed by atoms with E-state index >= 15 is 0 Å². The number of esters is 1. The minimum Gasteiger partial charge on any atom is -0.457 e. The molecule has 1 aromatic carbocycles. The summed E-state index contributed by atoms with van der Waals surface area (Å²) in [6.45, 7) is 4.71. The highest BCUT2D eigenvalue weighted by molar-refractivity contribution is 5.87. The van der Waals surface area contributed by atoms with Gasteiger partial charge in [0, 0.05) is 18.4 Å². The summed E-state index contributed by atoms with van der Waals surface area (Å²) in [5, 5.41) is 0. The van der Waals surface area contributed by atoms with Crippen LogP contribution in [0.1, 0.15) is 19.4 Å². The number of nitrogen functional groups attached to an aromatic ring is 1. The number of rotatable bonds is 6. The van der Waals surface area contributed by atoms with E-state index < -0.39 is 0 Å². The zero-order valence-corrected chi connectivity index (χ0v) is 10.8. The Hall–Kier alpha value is -1.81. The second-order valence-corrected chi connectivity index (χ2v) is 3.91. The van der Waals surface area contributed by atoms with Crippen molar-refractivity contribution in [2.45, 2.75) is 20.0 Å². The molecule has 0 saturated carbocycles. The second-order valence-electron chi connectivity index (χ2n) is 3.91. The van der Waals surface area contributed by atoms with Crippen LogP contribution < -0.4 is 5.73 Å². The minimum atomic E-state index is -0.385. The first-order chi connectivity index (χ1) is 8.61. The van der Waals surface area contributed by atoms with E-state index in [0.717, 1.165) is 5.56 Å². The van der Waals surface area contributed by atoms with Gasteiger partial charge in [0.25, 0.3) is 0 Å². The van der Waals surface area contributed by atoms with Crippen molar-refractivity contribution in [3.05, 3.63) is 35.9 Å². The molecule has 4 heteroatoms. The van der Waals surface area contributed by atoms with Crippen LogP contribution in [0.3, 0.4) is 0 Å². The number of hydrogen-bond donors (Lipinski definition) is 1. The second kappa shape index (κ2) is 7.50. The molecule has 0 aromatic heterocycles. The first-order valence-corrected chi connectivity index (χ1v) is 5.93. The molecule has 0 radical (unpaired) electrons. The van der Waals surface area contributed by atoms with Crippen LogP contribution in [0.25, 0.3) is 6.08 Å². The number of benzene rings is 1. The summed E-state index contributed by atoms with van der Waals surface area (Å²) in [4.78, 5) is 11.5. The number of hydrogen-bond acceptors (Lipinski definition) is 4. The predicted octanol–water partition coefficient (Wildman–Crippen LogP) is 2.25. The van der Waals surface area contributed by atoms with Gasteiger partial charge in [0.05, 0.1) is 6.61 Å². The summed E-state index contributed by atoms with van der Waals surface area (Å²) >= 11 is 0. The third kappa shape index (κ3) is 5.50. The highest BCUT2D eigenvalue weighted by atomic mass is 16.6. The van der Waals surface area contributed by atoms with Crippen molar-refractivity contribution in [1.82, 2.24) is 0 Å². The number of carbonyl (C=O) groups excluding carboxylic acids is 1. The van der Waals surface area contributed by atoms with Gasteiger partial charge in [-0.1, -0.05) is 12.1 Å². The van der Waals surface area contributed by atoms with Crippen LogP contribution in [0.15, 0.2) is 30.3 Å². The standard InChI is InChI=1S/C14H19NO3/c1-3-17-10-11(2)18-14(16)8-7-12-5-4-6-13(15)9-12/h4-9,11H,3,10,15H2,1-2H3/b8-7+. The molecular formula is C14H19NO3. The van der Waals surface area contributed by atoms with Crippen molar-refractivity contribution < 1.29 is 14.3 Å². The molecule has 0 saturated heterocycles. The Labute approximate surface area is 107 Å². The van der Waals surface area contributed by atoms with Gasteiger partial charge < -0.3 is 15.2 Å². The molecule has 18 heavy (non-hydrogen) atoms. The third-order valence-electron chi connectivity index (χ3n) is 2.20. The molecule has 0 heterocycles. The molecule has 0 aliphatic heterocycles. The molecule has 1 atom stereocenters. The molecule has 0 amide bonds. The van der Waals surface area contributed by atoms with Crippen molar-refractivity contribution in [1.29, 1.82) is 0 Å². The van der Waals surface area contributed by atoms with Crippen LogP contribution in [-0.4, -0.2) is 25.3 Å². The van der Waals surface area contributed by atoms with Crippen LogP contribution in [0.4, 0.5) is 5.69 Å². The largest absolute Gasteiger partial charge is 0.457 e. The van der Waals surface area contributed by atoms with E-state index in [1.165, 1.54) is 6.08 Å². The molecule has 1 rings (SSSR count). The quantitative estimate of drug-likeness (QED) is 0.477. The first-order valence-electron chi connectivity index (χ1n) is 5.93. The number of carbonyl (C=O) groups is 1. The maximum absolute atomic E-state index is 11.5. The summed E-state index contributed by atoms with van der Waals surface area (Å²) in [5.74, 6) is -0.385. The average molecular weight is 249 g/mol. The van der Waals surface area contributed by atoms with Crippen molar-refractivity contribution in [3.63, 3.8) is 0 Å². The Morgan fingerprint density at radius 3 is 2.94 bits per heavy atom. The van der Waals surface area contributed by atoms with Gasteiger partial charge in [0.2, 0.25) is 0 Å². The molecule has 0 aliphatic rings. The van der Waals surface area contributed by atoms with Crippen molar-refractivity contribution in [2.75, 3.05) is 18.9 Å². The van der Waals surface area contributed by atoms with Crippen LogP contribution in [0, 0.1) is 0 Å². The lowest BCUT2D eigenvalue weighted by Gasteiger charge is -2.11. The lowest BCUT2D eigenvalue weighted by atomic mass is 10.2. The molecule has 98 valence electrons. The fourth-order valence-corrected chi connectivity index (χ4v) is 1.38. The van der Waals surface area contributed by atoms with Gasteiger partial charge in [-0.2, -0.15) is 0 Å². The van der Waals surface area contributed by atoms with Crippen molar-refractivity contribution in [3.8, 4) is 0 Å². The van der Waals surface area contributed by atoms with E-state index in [-0.39, 0.29) is 12.1 Å². The zero-order valence-electron chi connectivity index (χ0n) is 10.8. The summed E-state index contributed by atoms with van der Waals surface area (Å²) in [6.07, 6.45) is 2.81. The Balaban J connectivity index is 2.44. The van der Waals surface area contributed by atoms with Crippen LogP contribution in [0.5, 0.6) is 0 Å². The van der Waals surface area contributed by atoms with Gasteiger partial charge in [0.1, 0.15) is 6.10 Å². The topological polar surface area (TPSA) is 61.5 Å². The van der Waals surface area contributed by atoms with Gasteiger partial charge in [-0.3, -0.25) is 0 Å². The first kappa shape index (κ1) is 14.3. The molecule has 0 spiro atoms. The lowest BCUT2D eigenvalue weighted by Crippen LogP contribution is -2.19. The summed E-state index contributed by atoms with van der Waals surface area (Å²) in [6, 6.07) is 7.27. The fraction of sp³-hybridized carbons (Fsp3) is 0.357. The molecule has 1 unspecified atom stereocenters. The van der Waals surface area contributed by atoms with Crippen molar-refractivity contribution >= 4 is 17.7 Å². The Kier molecular flexibility index (Phi) is 5.94. The fourth-order valence-electron chi connectivity index (χ4n) is 1.38. The Bertz CT molecular complexity index is 415. The van der Waals surface area contributed by atoms with Gasteiger partial charge >= 0.3 is 5.97 Å². The van der Waals surface area contributed by atoms with Crippen LogP contribution in [-0.2, 0) is 14.3 Å². The van der Waals surface area contributed by atoms with E-state index in [4.69, 9.17) is 15.2 Å². The minimum absolute atomic E-state index is 0.247. The maximum Gasteiger partial charge on any atom is 0.331 e. The van der Waals surface area contributed by atoms with Crippen molar-refractivity contribution in [2.24, 2.45) is 0 Å². The van der Waals surface area contributed by atoms with E-state index in [1.54, 1.807) is 25.1 Å². The molecule has 2 N–H and O–H groups in total. The van der Waals surface area contributed by atoms with Crippen LogP contribution >= 0.6 is 0 Å². The normalized spacial score (nSPS) is 12.6. The molecule has 0 aliphatic carbocycles. The average Bonchev–Trinajstić information content (AvgIpc) is 2.34. The number of nitrogens with two attached hydrogens (primary N) is 1. The van der Waals surface area contributed by atoms with E-state index in [0.29, 0.717) is 18.9 Å². The zero-order chi connectivity index (χ0) is 13.4. The smallest absolute Gasteiger partial charge is 0.331 e. The highest BCUT2D eigenvalue weighted by Crippen LogP contribution is 2.08. The molecular weight excluding hydrogens is 230 g/mol. The Morgan fingerprint density at radius 2 is 2.28 bits per heavy atom. The lowest BCUT2D eigenvalue weighted by molar-refractivity contribution is -0.144. The number of anilines is 1. The van der Waals surface area contributed by atoms with Gasteiger partial charge in [-0.25, -0.2) is 4.79 Å². The van der Waals surface area contributed by atoms with Gasteiger partial charge in [-0.05, 0) is 37.6 Å². The Morgan fingerprint density at radius 1 is 1.50 bits per heavy atom. The molecule has 0 bridgehead atoms. The molecule has 0 fully saturated rings. The number of ether oxygens (including phenoxy) is 2. The highest BCUT2D eigenvalue weighted by Gasteiger charge is 2.06. The maximum atomic E-state index is 11.5. The SMILES string of the molecule is CCOCC(C)OC(=O)/C=C/c1cccc(N)c1. The van der Waals surface area contributed by atoms with E-state index in [2.05, 4.69) is 0 Å². The third-order valence-corrected chi connectivity index (χ3v) is 2.20. The van der Waals surface area contributed by atoms with Gasteiger partial charge in [-0.15, -0.1) is 0 Å². The van der Waals surface area contributed by atoms with Gasteiger partial charge in [0.15, 0.2) is 0 Å². The molecule has 4 nitrogen and oxygen atoms in total. The van der Waals surface area contributed by atoms with E-state index in [9.17, 15) is 4.79 Å². The predicted molar refractivity (Wildman–Crippen MR) is 71.9 cm³/mol. The monoisotopic (exact) mass is 249 g/mol. The summed E-state index contributed by atoms with van der Waals surface area (Å²) < 4.78 is 10.3. The molecule has 1 aromatic rings. The summed E-state index contributed by atoms with van der Waals surface area (Å²) in [5.41, 5.74) is 7.16. The summed E-state index contributed by atoms with van der Waals surface area (Å²) in [7, 11) is 0. The van der Waals surface area contributed by atoms with Crippen LogP contribution in [0.2, 0.25) is 0 Å². The van der Waals surface area contributed by atoms with E-state index in [1.807, 2.05) is 19.1 Å².